The van der Waals surface area contributed by atoms with Gasteiger partial charge in [0.15, 0.2) is 5.65 Å². The lowest BCUT2D eigenvalue weighted by atomic mass is 10.1. The number of fused-ring (bicyclic) bond motifs is 1. The van der Waals surface area contributed by atoms with Gasteiger partial charge in [-0.05, 0) is 30.5 Å². The zero-order valence-corrected chi connectivity index (χ0v) is 15.3. The van der Waals surface area contributed by atoms with E-state index in [0.717, 1.165) is 25.0 Å². The summed E-state index contributed by atoms with van der Waals surface area (Å²) in [6, 6.07) is 4.84. The molecule has 0 unspecified atom stereocenters. The molecule has 7 nitrogen and oxygen atoms in total. The highest BCUT2D eigenvalue weighted by atomic mass is 19.4. The third-order valence-corrected chi connectivity index (χ3v) is 4.80. The molecule has 10 heteroatoms. The fourth-order valence-corrected chi connectivity index (χ4v) is 3.09. The number of halogens is 3. The third-order valence-electron chi connectivity index (χ3n) is 4.80. The SMILES string of the molecule is O=C(NCCn1ncc2c(=O)n(Cc3cccc(C(F)(F)F)c3)cnc21)C1CC1. The van der Waals surface area contributed by atoms with Gasteiger partial charge in [0.05, 0.1) is 24.8 Å². The van der Waals surface area contributed by atoms with E-state index in [2.05, 4.69) is 15.4 Å². The molecule has 0 spiro atoms. The highest BCUT2D eigenvalue weighted by molar-refractivity contribution is 5.80. The molecule has 1 fully saturated rings. The first-order chi connectivity index (χ1) is 13.8. The average molecular weight is 405 g/mol. The van der Waals surface area contributed by atoms with Crippen LogP contribution in [0.15, 0.2) is 41.6 Å². The Morgan fingerprint density at radius 3 is 2.79 bits per heavy atom. The maximum atomic E-state index is 12.9. The van der Waals surface area contributed by atoms with Crippen molar-refractivity contribution in [3.8, 4) is 0 Å². The van der Waals surface area contributed by atoms with Gasteiger partial charge in [0.25, 0.3) is 5.56 Å². The lowest BCUT2D eigenvalue weighted by molar-refractivity contribution is -0.137. The van der Waals surface area contributed by atoms with Crippen LogP contribution in [0.2, 0.25) is 0 Å². The van der Waals surface area contributed by atoms with Gasteiger partial charge in [0.2, 0.25) is 5.91 Å². The molecule has 1 saturated carbocycles. The van der Waals surface area contributed by atoms with Crippen LogP contribution in [0, 0.1) is 5.92 Å². The largest absolute Gasteiger partial charge is 0.416 e. The lowest BCUT2D eigenvalue weighted by Gasteiger charge is -2.10. The van der Waals surface area contributed by atoms with Crippen LogP contribution in [-0.2, 0) is 24.1 Å². The van der Waals surface area contributed by atoms with E-state index in [0.29, 0.717) is 24.3 Å². The maximum Gasteiger partial charge on any atom is 0.416 e. The Bertz CT molecular complexity index is 1110. The van der Waals surface area contributed by atoms with Crippen LogP contribution in [0.3, 0.4) is 0 Å². The zero-order valence-electron chi connectivity index (χ0n) is 15.3. The summed E-state index contributed by atoms with van der Waals surface area (Å²) in [6.45, 7) is 0.710. The molecule has 1 amide bonds. The Morgan fingerprint density at radius 1 is 1.28 bits per heavy atom. The molecule has 1 aromatic carbocycles. The molecular formula is C19H18F3N5O2. The van der Waals surface area contributed by atoms with Gasteiger partial charge in [-0.15, -0.1) is 0 Å². The Kier molecular flexibility index (Phi) is 4.85. The summed E-state index contributed by atoms with van der Waals surface area (Å²) in [5.41, 5.74) is -0.437. The molecule has 0 atom stereocenters. The van der Waals surface area contributed by atoms with Crippen molar-refractivity contribution in [1.29, 1.82) is 0 Å². The number of alkyl halides is 3. The van der Waals surface area contributed by atoms with E-state index >= 15 is 0 Å². The number of hydrogen-bond donors (Lipinski definition) is 1. The van der Waals surface area contributed by atoms with E-state index in [1.54, 1.807) is 0 Å². The van der Waals surface area contributed by atoms with Gasteiger partial charge in [-0.1, -0.05) is 12.1 Å². The minimum atomic E-state index is -4.45. The molecule has 4 rings (SSSR count). The number of rotatable bonds is 6. The second-order valence-electron chi connectivity index (χ2n) is 7.05. The second-order valence-corrected chi connectivity index (χ2v) is 7.05. The fourth-order valence-electron chi connectivity index (χ4n) is 3.09. The van der Waals surface area contributed by atoms with Gasteiger partial charge in [0.1, 0.15) is 11.7 Å². The van der Waals surface area contributed by atoms with Crippen LogP contribution in [-0.4, -0.2) is 31.8 Å². The number of aromatic nitrogens is 4. The minimum Gasteiger partial charge on any atom is -0.354 e. The van der Waals surface area contributed by atoms with Crippen molar-refractivity contribution in [3.63, 3.8) is 0 Å². The minimum absolute atomic E-state index is 0.0258. The molecular weight excluding hydrogens is 387 g/mol. The van der Waals surface area contributed by atoms with E-state index in [1.807, 2.05) is 0 Å². The molecule has 1 aliphatic rings. The molecule has 0 saturated heterocycles. The molecule has 2 aromatic heterocycles. The van der Waals surface area contributed by atoms with Gasteiger partial charge >= 0.3 is 6.18 Å². The van der Waals surface area contributed by atoms with E-state index in [-0.39, 0.29) is 29.3 Å². The molecule has 0 bridgehead atoms. The van der Waals surface area contributed by atoms with Crippen molar-refractivity contribution in [2.75, 3.05) is 6.54 Å². The molecule has 3 aromatic rings. The highest BCUT2D eigenvalue weighted by Crippen LogP contribution is 2.30. The van der Waals surface area contributed by atoms with Crippen LogP contribution in [0.5, 0.6) is 0 Å². The molecule has 152 valence electrons. The second kappa shape index (κ2) is 7.34. The number of carbonyl (C=O) groups is 1. The first kappa shape index (κ1) is 19.2. The van der Waals surface area contributed by atoms with Gasteiger partial charge in [-0.3, -0.25) is 14.2 Å². The van der Waals surface area contributed by atoms with Crippen LogP contribution in [0.25, 0.3) is 11.0 Å². The summed E-state index contributed by atoms with van der Waals surface area (Å²) in [6.07, 6.45) is 0.0775. The number of nitrogens with zero attached hydrogens (tertiary/aromatic N) is 4. The van der Waals surface area contributed by atoms with Crippen molar-refractivity contribution in [2.45, 2.75) is 32.1 Å². The molecule has 2 heterocycles. The standard InChI is InChI=1S/C19H18F3N5O2/c20-19(21,22)14-3-1-2-12(8-14)10-26-11-24-16-15(18(26)29)9-25-27(16)7-6-23-17(28)13-4-5-13/h1-3,8-9,11,13H,4-7,10H2,(H,23,28). The van der Waals surface area contributed by atoms with Crippen LogP contribution < -0.4 is 10.9 Å². The lowest BCUT2D eigenvalue weighted by Crippen LogP contribution is -2.28. The summed E-state index contributed by atoms with van der Waals surface area (Å²) in [4.78, 5) is 28.6. The van der Waals surface area contributed by atoms with Crippen molar-refractivity contribution in [2.24, 2.45) is 5.92 Å². The Balaban J connectivity index is 1.51. The smallest absolute Gasteiger partial charge is 0.354 e. The fraction of sp³-hybridized carbons (Fsp3) is 0.368. The zero-order chi connectivity index (χ0) is 20.6. The molecule has 29 heavy (non-hydrogen) atoms. The number of benzene rings is 1. The van der Waals surface area contributed by atoms with Gasteiger partial charge in [-0.25, -0.2) is 9.67 Å². The van der Waals surface area contributed by atoms with E-state index in [1.165, 1.54) is 33.9 Å². The number of carbonyl (C=O) groups excluding carboxylic acids is 1. The third kappa shape index (κ3) is 4.15. The van der Waals surface area contributed by atoms with E-state index in [4.69, 9.17) is 0 Å². The summed E-state index contributed by atoms with van der Waals surface area (Å²) in [7, 11) is 0. The molecule has 0 radical (unpaired) electrons. The molecule has 1 N–H and O–H groups in total. The summed E-state index contributed by atoms with van der Waals surface area (Å²) in [5.74, 6) is 0.142. The number of hydrogen-bond acceptors (Lipinski definition) is 4. The predicted molar refractivity (Wildman–Crippen MR) is 98.1 cm³/mol. The van der Waals surface area contributed by atoms with Crippen molar-refractivity contribution in [1.82, 2.24) is 24.6 Å². The van der Waals surface area contributed by atoms with Crippen LogP contribution >= 0.6 is 0 Å². The quantitative estimate of drug-likeness (QED) is 0.682. The summed E-state index contributed by atoms with van der Waals surface area (Å²) >= 11 is 0. The summed E-state index contributed by atoms with van der Waals surface area (Å²) in [5, 5.41) is 7.24. The highest BCUT2D eigenvalue weighted by Gasteiger charge is 2.30. The monoisotopic (exact) mass is 405 g/mol. The number of amides is 1. The van der Waals surface area contributed by atoms with Crippen molar-refractivity contribution >= 4 is 16.9 Å². The first-order valence-corrected chi connectivity index (χ1v) is 9.18. The molecule has 1 aliphatic carbocycles. The molecule has 0 aliphatic heterocycles. The topological polar surface area (TPSA) is 81.8 Å². The normalized spacial score (nSPS) is 14.3. The van der Waals surface area contributed by atoms with Crippen molar-refractivity contribution in [3.05, 3.63) is 58.3 Å². The Hall–Kier alpha value is -3.17. The maximum absolute atomic E-state index is 12.9. The van der Waals surface area contributed by atoms with Gasteiger partial charge in [0, 0.05) is 12.5 Å². The Labute approximate surface area is 163 Å². The van der Waals surface area contributed by atoms with Crippen molar-refractivity contribution < 1.29 is 18.0 Å². The van der Waals surface area contributed by atoms with E-state index < -0.39 is 11.7 Å². The average Bonchev–Trinajstić information content (AvgIpc) is 3.45. The van der Waals surface area contributed by atoms with Crippen LogP contribution in [0.4, 0.5) is 13.2 Å². The van der Waals surface area contributed by atoms with Gasteiger partial charge in [-0.2, -0.15) is 18.3 Å². The van der Waals surface area contributed by atoms with Gasteiger partial charge < -0.3 is 5.32 Å². The van der Waals surface area contributed by atoms with E-state index in [9.17, 15) is 22.8 Å². The Morgan fingerprint density at radius 2 is 2.07 bits per heavy atom. The predicted octanol–water partition coefficient (Wildman–Crippen LogP) is 2.19. The van der Waals surface area contributed by atoms with Crippen LogP contribution in [0.1, 0.15) is 24.0 Å². The number of nitrogens with one attached hydrogen (secondary N) is 1. The first-order valence-electron chi connectivity index (χ1n) is 9.18. The summed E-state index contributed by atoms with van der Waals surface area (Å²) < 4.78 is 41.4.